The molecule has 2 heteroatoms. The van der Waals surface area contributed by atoms with Gasteiger partial charge in [-0.1, -0.05) is 100 Å². The topological polar surface area (TPSA) is 37.3 Å². The zero-order chi connectivity index (χ0) is 18.3. The van der Waals surface area contributed by atoms with E-state index in [9.17, 15) is 9.90 Å². The van der Waals surface area contributed by atoms with Gasteiger partial charge in [0.05, 0.1) is 5.57 Å². The number of hydrogen-bond acceptors (Lipinski definition) is 1. The Morgan fingerprint density at radius 1 is 1.04 bits per heavy atom. The molecule has 2 nitrogen and oxygen atoms in total. The number of benzene rings is 1. The maximum atomic E-state index is 11.7. The molecule has 0 saturated heterocycles. The van der Waals surface area contributed by atoms with Crippen molar-refractivity contribution >= 4 is 12.0 Å². The first kappa shape index (κ1) is 20.7. The molecule has 0 aromatic heterocycles. The van der Waals surface area contributed by atoms with Gasteiger partial charge in [0, 0.05) is 0 Å². The molecule has 0 unspecified atom stereocenters. The molecule has 1 aromatic rings. The summed E-state index contributed by atoms with van der Waals surface area (Å²) in [5.41, 5.74) is 2.28. The Morgan fingerprint density at radius 2 is 1.72 bits per heavy atom. The Balaban J connectivity index is 2.88. The van der Waals surface area contributed by atoms with Crippen LogP contribution in [0.25, 0.3) is 6.08 Å². The minimum Gasteiger partial charge on any atom is -0.478 e. The highest BCUT2D eigenvalue weighted by atomic mass is 16.4. The van der Waals surface area contributed by atoms with E-state index in [1.807, 2.05) is 42.5 Å². The second-order valence-corrected chi connectivity index (χ2v) is 6.10. The van der Waals surface area contributed by atoms with Crippen LogP contribution in [0.5, 0.6) is 0 Å². The fraction of sp³-hybridized carbons (Fsp3) is 0.348. The van der Waals surface area contributed by atoms with Crippen molar-refractivity contribution in [2.75, 3.05) is 0 Å². The van der Waals surface area contributed by atoms with Gasteiger partial charge in [-0.3, -0.25) is 0 Å². The molecule has 0 fully saturated rings. The third kappa shape index (κ3) is 8.90. The number of unbranched alkanes of at least 4 members (excludes halogenated alkanes) is 5. The van der Waals surface area contributed by atoms with Crippen molar-refractivity contribution in [1.29, 1.82) is 0 Å². The molecule has 0 saturated carbocycles. The molecular formula is C23H30O2. The SMILES string of the molecule is C=CC=CC(C(=O)O)=C(C=Cc1ccccc1)CCCCCCCC. The van der Waals surface area contributed by atoms with Crippen molar-refractivity contribution in [3.8, 4) is 0 Å². The van der Waals surface area contributed by atoms with Crippen LogP contribution < -0.4 is 0 Å². The Kier molecular flexibility index (Phi) is 10.8. The molecule has 134 valence electrons. The van der Waals surface area contributed by atoms with Crippen molar-refractivity contribution < 1.29 is 9.90 Å². The summed E-state index contributed by atoms with van der Waals surface area (Å²) in [7, 11) is 0. The van der Waals surface area contributed by atoms with Crippen molar-refractivity contribution in [1.82, 2.24) is 0 Å². The first-order valence-corrected chi connectivity index (χ1v) is 9.17. The van der Waals surface area contributed by atoms with E-state index in [1.54, 1.807) is 18.2 Å². The molecule has 0 atom stereocenters. The van der Waals surface area contributed by atoms with Gasteiger partial charge >= 0.3 is 5.97 Å². The van der Waals surface area contributed by atoms with Crippen LogP contribution in [0.1, 0.15) is 57.4 Å². The van der Waals surface area contributed by atoms with Gasteiger partial charge in [0.1, 0.15) is 0 Å². The molecule has 1 rings (SSSR count). The van der Waals surface area contributed by atoms with E-state index < -0.39 is 5.97 Å². The number of allylic oxidation sites excluding steroid dienone is 4. The second-order valence-electron chi connectivity index (χ2n) is 6.10. The van der Waals surface area contributed by atoms with Crippen LogP contribution in [-0.4, -0.2) is 11.1 Å². The van der Waals surface area contributed by atoms with Crippen molar-refractivity contribution in [2.45, 2.75) is 51.9 Å². The van der Waals surface area contributed by atoms with E-state index in [0.717, 1.165) is 30.4 Å². The molecule has 0 amide bonds. The fourth-order valence-corrected chi connectivity index (χ4v) is 2.64. The number of carbonyl (C=O) groups is 1. The Labute approximate surface area is 152 Å². The van der Waals surface area contributed by atoms with Gasteiger partial charge in [0.15, 0.2) is 0 Å². The number of carboxylic acids is 1. The van der Waals surface area contributed by atoms with Gasteiger partial charge in [-0.05, 0) is 30.1 Å². The lowest BCUT2D eigenvalue weighted by Gasteiger charge is -2.07. The molecule has 0 aliphatic heterocycles. The van der Waals surface area contributed by atoms with Crippen LogP contribution in [0.15, 0.2) is 72.4 Å². The smallest absolute Gasteiger partial charge is 0.335 e. The van der Waals surface area contributed by atoms with Crippen molar-refractivity contribution in [3.63, 3.8) is 0 Å². The summed E-state index contributed by atoms with van der Waals surface area (Å²) in [6.07, 6.45) is 16.8. The second kappa shape index (κ2) is 13.0. The first-order valence-electron chi connectivity index (χ1n) is 9.17. The standard InChI is InChI=1S/C23H30O2/c1-3-5-7-8-9-13-16-21(22(23(24)25)17-6-4-2)19-18-20-14-11-10-12-15-20/h4,6,10-12,14-15,17-19H,2-3,5,7-9,13,16H2,1H3,(H,24,25). The van der Waals surface area contributed by atoms with Gasteiger partial charge in [-0.15, -0.1) is 0 Å². The van der Waals surface area contributed by atoms with Gasteiger partial charge in [-0.25, -0.2) is 4.79 Å². The molecule has 25 heavy (non-hydrogen) atoms. The third-order valence-corrected chi connectivity index (χ3v) is 4.05. The monoisotopic (exact) mass is 338 g/mol. The van der Waals surface area contributed by atoms with E-state index in [0.29, 0.717) is 5.57 Å². The van der Waals surface area contributed by atoms with Crippen LogP contribution in [0, 0.1) is 0 Å². The summed E-state index contributed by atoms with van der Waals surface area (Å²) in [6.45, 7) is 5.84. The summed E-state index contributed by atoms with van der Waals surface area (Å²) >= 11 is 0. The summed E-state index contributed by atoms with van der Waals surface area (Å²) in [6, 6.07) is 9.96. The third-order valence-electron chi connectivity index (χ3n) is 4.05. The number of aliphatic carboxylic acids is 1. The lowest BCUT2D eigenvalue weighted by molar-refractivity contribution is -0.132. The van der Waals surface area contributed by atoms with Crippen LogP contribution in [-0.2, 0) is 4.79 Å². The lowest BCUT2D eigenvalue weighted by Crippen LogP contribution is -2.02. The molecule has 1 N–H and O–H groups in total. The van der Waals surface area contributed by atoms with Crippen LogP contribution in [0.3, 0.4) is 0 Å². The minimum atomic E-state index is -0.892. The molecule has 0 aliphatic rings. The van der Waals surface area contributed by atoms with Crippen LogP contribution in [0.4, 0.5) is 0 Å². The number of rotatable bonds is 12. The summed E-state index contributed by atoms with van der Waals surface area (Å²) in [5, 5.41) is 9.56. The van der Waals surface area contributed by atoms with Gasteiger partial charge in [0.2, 0.25) is 0 Å². The molecule has 0 aliphatic carbocycles. The molecule has 1 aromatic carbocycles. The minimum absolute atomic E-state index is 0.348. The van der Waals surface area contributed by atoms with E-state index in [4.69, 9.17) is 0 Å². The molecule has 0 radical (unpaired) electrons. The molecule has 0 bridgehead atoms. The zero-order valence-corrected chi connectivity index (χ0v) is 15.3. The van der Waals surface area contributed by atoms with Gasteiger partial charge < -0.3 is 5.11 Å². The highest BCUT2D eigenvalue weighted by Gasteiger charge is 2.09. The average molecular weight is 338 g/mol. The summed E-state index contributed by atoms with van der Waals surface area (Å²) in [5.74, 6) is -0.892. The predicted octanol–water partition coefficient (Wildman–Crippen LogP) is 6.57. The molecule has 0 spiro atoms. The highest BCUT2D eigenvalue weighted by Crippen LogP contribution is 2.19. The number of carboxylic acid groups (broad SMARTS) is 1. The van der Waals surface area contributed by atoms with Crippen molar-refractivity contribution in [2.24, 2.45) is 0 Å². The van der Waals surface area contributed by atoms with E-state index in [-0.39, 0.29) is 0 Å². The largest absolute Gasteiger partial charge is 0.478 e. The van der Waals surface area contributed by atoms with E-state index >= 15 is 0 Å². The lowest BCUT2D eigenvalue weighted by atomic mass is 9.98. The maximum absolute atomic E-state index is 11.7. The quantitative estimate of drug-likeness (QED) is 0.266. The molecule has 0 heterocycles. The normalized spacial score (nSPS) is 12.5. The van der Waals surface area contributed by atoms with E-state index in [1.165, 1.54) is 25.7 Å². The zero-order valence-electron chi connectivity index (χ0n) is 15.3. The maximum Gasteiger partial charge on any atom is 0.335 e. The van der Waals surface area contributed by atoms with Crippen molar-refractivity contribution in [3.05, 3.63) is 77.9 Å². The predicted molar refractivity (Wildman–Crippen MR) is 107 cm³/mol. The summed E-state index contributed by atoms with van der Waals surface area (Å²) < 4.78 is 0. The Hall–Kier alpha value is -2.35. The van der Waals surface area contributed by atoms with Gasteiger partial charge in [-0.2, -0.15) is 0 Å². The van der Waals surface area contributed by atoms with Crippen LogP contribution in [0.2, 0.25) is 0 Å². The average Bonchev–Trinajstić information content (AvgIpc) is 2.62. The van der Waals surface area contributed by atoms with Crippen LogP contribution >= 0.6 is 0 Å². The molecular weight excluding hydrogens is 308 g/mol. The van der Waals surface area contributed by atoms with E-state index in [2.05, 4.69) is 13.5 Å². The first-order chi connectivity index (χ1) is 12.2. The van der Waals surface area contributed by atoms with Gasteiger partial charge in [0.25, 0.3) is 0 Å². The Morgan fingerprint density at radius 3 is 2.36 bits per heavy atom. The fourth-order valence-electron chi connectivity index (χ4n) is 2.64. The Bertz CT molecular complexity index is 606. The summed E-state index contributed by atoms with van der Waals surface area (Å²) in [4.78, 5) is 11.7. The highest BCUT2D eigenvalue weighted by molar-refractivity contribution is 5.91. The number of hydrogen-bond donors (Lipinski definition) is 1.